The van der Waals surface area contributed by atoms with Crippen LogP contribution in [-0.4, -0.2) is 29.3 Å². The van der Waals surface area contributed by atoms with Gasteiger partial charge in [-0.05, 0) is 26.0 Å². The van der Waals surface area contributed by atoms with E-state index in [1.54, 1.807) is 16.8 Å². The van der Waals surface area contributed by atoms with Crippen molar-refractivity contribution in [2.24, 2.45) is 0 Å². The molecule has 0 N–H and O–H groups in total. The molecule has 1 aromatic carbocycles. The lowest BCUT2D eigenvalue weighted by Crippen LogP contribution is -2.03. The van der Waals surface area contributed by atoms with Crippen LogP contribution in [0.2, 0.25) is 0 Å². The lowest BCUT2D eigenvalue weighted by atomic mass is 10.1. The second-order valence-corrected chi connectivity index (χ2v) is 4.25. The van der Waals surface area contributed by atoms with Gasteiger partial charge >= 0.3 is 5.97 Å². The molecule has 0 aliphatic heterocycles. The van der Waals surface area contributed by atoms with Gasteiger partial charge in [0.05, 0.1) is 23.6 Å². The Balaban J connectivity index is 2.78. The molecule has 2 rings (SSSR count). The van der Waals surface area contributed by atoms with E-state index < -0.39 is 5.97 Å². The number of hydrogen-bond donors (Lipinski definition) is 0. The second kappa shape index (κ2) is 5.09. The molecule has 0 aliphatic rings. The van der Waals surface area contributed by atoms with Crippen LogP contribution < -0.4 is 4.74 Å². The number of benzene rings is 1. The summed E-state index contributed by atoms with van der Waals surface area (Å²) in [7, 11) is 1.30. The molecule has 1 heterocycles. The van der Waals surface area contributed by atoms with Crippen LogP contribution in [0.5, 0.6) is 5.88 Å². The van der Waals surface area contributed by atoms with Gasteiger partial charge in [-0.3, -0.25) is 9.48 Å². The zero-order valence-electron chi connectivity index (χ0n) is 10.9. The average Bonchev–Trinajstić information content (AvgIpc) is 2.77. The summed E-state index contributed by atoms with van der Waals surface area (Å²) in [5, 5.41) is 4.69. The third kappa shape index (κ3) is 2.16. The van der Waals surface area contributed by atoms with Crippen LogP contribution in [0, 0.1) is 0 Å². The van der Waals surface area contributed by atoms with Gasteiger partial charge in [0.25, 0.3) is 6.47 Å². The van der Waals surface area contributed by atoms with Crippen molar-refractivity contribution in [1.82, 2.24) is 9.78 Å². The van der Waals surface area contributed by atoms with E-state index in [0.717, 1.165) is 5.52 Å². The SMILES string of the molecule is COC(=O)c1cccc2c1c(OC=O)nn2C(C)C. The summed E-state index contributed by atoms with van der Waals surface area (Å²) in [4.78, 5) is 22.3. The predicted octanol–water partition coefficient (Wildman–Crippen LogP) is 1.94. The fourth-order valence-electron chi connectivity index (χ4n) is 1.96. The van der Waals surface area contributed by atoms with Crippen molar-refractivity contribution < 1.29 is 19.1 Å². The van der Waals surface area contributed by atoms with E-state index in [2.05, 4.69) is 5.10 Å². The van der Waals surface area contributed by atoms with Gasteiger partial charge in [-0.25, -0.2) is 4.79 Å². The Labute approximate surface area is 109 Å². The van der Waals surface area contributed by atoms with Crippen LogP contribution in [0.4, 0.5) is 0 Å². The molecule has 0 saturated carbocycles. The summed E-state index contributed by atoms with van der Waals surface area (Å²) in [6.07, 6.45) is 0. The maximum absolute atomic E-state index is 11.8. The van der Waals surface area contributed by atoms with Crippen LogP contribution >= 0.6 is 0 Å². The summed E-state index contributed by atoms with van der Waals surface area (Å²) < 4.78 is 11.3. The molecule has 1 aromatic heterocycles. The highest BCUT2D eigenvalue weighted by Gasteiger charge is 2.20. The summed E-state index contributed by atoms with van der Waals surface area (Å²) in [6.45, 7) is 4.18. The first-order valence-corrected chi connectivity index (χ1v) is 5.80. The molecule has 0 radical (unpaired) electrons. The largest absolute Gasteiger partial charge is 0.465 e. The fraction of sp³-hybridized carbons (Fsp3) is 0.308. The Kier molecular flexibility index (Phi) is 3.50. The number of ether oxygens (including phenoxy) is 2. The molecule has 0 saturated heterocycles. The Hall–Kier alpha value is -2.37. The van der Waals surface area contributed by atoms with E-state index in [1.165, 1.54) is 7.11 Å². The Morgan fingerprint density at radius 2 is 2.16 bits per heavy atom. The smallest absolute Gasteiger partial charge is 0.338 e. The van der Waals surface area contributed by atoms with Crippen molar-refractivity contribution in [3.63, 3.8) is 0 Å². The topological polar surface area (TPSA) is 70.4 Å². The lowest BCUT2D eigenvalue weighted by Gasteiger charge is -2.06. The molecule has 0 spiro atoms. The zero-order valence-corrected chi connectivity index (χ0v) is 10.9. The number of esters is 1. The highest BCUT2D eigenvalue weighted by Crippen LogP contribution is 2.30. The molecule has 6 heteroatoms. The van der Waals surface area contributed by atoms with Gasteiger partial charge in [-0.1, -0.05) is 6.07 Å². The van der Waals surface area contributed by atoms with Gasteiger partial charge in [0, 0.05) is 6.04 Å². The standard InChI is InChI=1S/C13H14N2O4/c1-8(2)15-10-6-4-5-9(13(17)18-3)11(10)12(14-15)19-7-16/h4-8H,1-3H3. The third-order valence-electron chi connectivity index (χ3n) is 2.76. The third-order valence-corrected chi connectivity index (χ3v) is 2.76. The van der Waals surface area contributed by atoms with Crippen molar-refractivity contribution >= 4 is 23.3 Å². The van der Waals surface area contributed by atoms with E-state index in [1.807, 2.05) is 19.9 Å². The van der Waals surface area contributed by atoms with Gasteiger partial charge in [0.15, 0.2) is 0 Å². The zero-order chi connectivity index (χ0) is 14.0. The number of carbonyl (C=O) groups excluding carboxylic acids is 2. The van der Waals surface area contributed by atoms with Gasteiger partial charge in [0.2, 0.25) is 5.88 Å². The highest BCUT2D eigenvalue weighted by atomic mass is 16.5. The maximum atomic E-state index is 11.8. The van der Waals surface area contributed by atoms with Crippen LogP contribution in [0.1, 0.15) is 30.2 Å². The molecule has 0 unspecified atom stereocenters. The van der Waals surface area contributed by atoms with Crippen molar-refractivity contribution in [3.8, 4) is 5.88 Å². The van der Waals surface area contributed by atoms with Crippen molar-refractivity contribution in [2.45, 2.75) is 19.9 Å². The normalized spacial score (nSPS) is 10.7. The Morgan fingerprint density at radius 1 is 1.42 bits per heavy atom. The maximum Gasteiger partial charge on any atom is 0.338 e. The van der Waals surface area contributed by atoms with E-state index >= 15 is 0 Å². The minimum Gasteiger partial charge on any atom is -0.465 e. The van der Waals surface area contributed by atoms with Crippen LogP contribution in [0.3, 0.4) is 0 Å². The minimum absolute atomic E-state index is 0.0689. The van der Waals surface area contributed by atoms with Crippen LogP contribution in [0.25, 0.3) is 10.9 Å². The number of fused-ring (bicyclic) bond motifs is 1. The van der Waals surface area contributed by atoms with Crippen molar-refractivity contribution in [2.75, 3.05) is 7.11 Å². The number of methoxy groups -OCH3 is 1. The monoisotopic (exact) mass is 262 g/mol. The summed E-state index contributed by atoms with van der Waals surface area (Å²) in [5.41, 5.74) is 1.04. The second-order valence-electron chi connectivity index (χ2n) is 4.25. The van der Waals surface area contributed by atoms with E-state index in [0.29, 0.717) is 17.4 Å². The number of carbonyl (C=O) groups is 2. The molecule has 100 valence electrons. The molecule has 2 aromatic rings. The molecule has 0 atom stereocenters. The number of nitrogens with zero attached hydrogens (tertiary/aromatic N) is 2. The molecule has 6 nitrogen and oxygen atoms in total. The lowest BCUT2D eigenvalue weighted by molar-refractivity contribution is -0.120. The minimum atomic E-state index is -0.496. The van der Waals surface area contributed by atoms with E-state index in [4.69, 9.17) is 9.47 Å². The fourth-order valence-corrected chi connectivity index (χ4v) is 1.96. The first kappa shape index (κ1) is 13.1. The van der Waals surface area contributed by atoms with Crippen LogP contribution in [0.15, 0.2) is 18.2 Å². The summed E-state index contributed by atoms with van der Waals surface area (Å²) in [5.74, 6) is -0.385. The molecule has 19 heavy (non-hydrogen) atoms. The Bertz CT molecular complexity index is 631. The average molecular weight is 262 g/mol. The molecule has 0 bridgehead atoms. The van der Waals surface area contributed by atoms with E-state index in [9.17, 15) is 9.59 Å². The number of rotatable bonds is 4. The summed E-state index contributed by atoms with van der Waals surface area (Å²) in [6, 6.07) is 5.23. The van der Waals surface area contributed by atoms with Crippen molar-refractivity contribution in [1.29, 1.82) is 0 Å². The molecule has 0 amide bonds. The quantitative estimate of drug-likeness (QED) is 0.622. The van der Waals surface area contributed by atoms with Crippen LogP contribution in [-0.2, 0) is 9.53 Å². The Morgan fingerprint density at radius 3 is 2.74 bits per heavy atom. The molecular formula is C13H14N2O4. The van der Waals surface area contributed by atoms with Gasteiger partial charge in [-0.2, -0.15) is 0 Å². The molecular weight excluding hydrogens is 248 g/mol. The molecule has 0 aliphatic carbocycles. The molecule has 0 fully saturated rings. The first-order chi connectivity index (χ1) is 9.10. The van der Waals surface area contributed by atoms with Crippen molar-refractivity contribution in [3.05, 3.63) is 23.8 Å². The number of aromatic nitrogens is 2. The summed E-state index contributed by atoms with van der Waals surface area (Å²) >= 11 is 0. The highest BCUT2D eigenvalue weighted by molar-refractivity contribution is 6.06. The van der Waals surface area contributed by atoms with Gasteiger partial charge in [-0.15, -0.1) is 5.10 Å². The van der Waals surface area contributed by atoms with Gasteiger partial charge < -0.3 is 9.47 Å². The first-order valence-electron chi connectivity index (χ1n) is 5.80. The van der Waals surface area contributed by atoms with Gasteiger partial charge in [0.1, 0.15) is 0 Å². The number of hydrogen-bond acceptors (Lipinski definition) is 5. The predicted molar refractivity (Wildman–Crippen MR) is 68.1 cm³/mol. The van der Waals surface area contributed by atoms with E-state index in [-0.39, 0.29) is 11.9 Å².